The van der Waals surface area contributed by atoms with Crippen molar-refractivity contribution in [2.24, 2.45) is 4.99 Å². The molecule has 126 valence electrons. The second-order valence-electron chi connectivity index (χ2n) is 6.05. The summed E-state index contributed by atoms with van der Waals surface area (Å²) in [7, 11) is 1.81. The number of hydrogen-bond donors (Lipinski definition) is 3. The van der Waals surface area contributed by atoms with Crippen molar-refractivity contribution >= 4 is 5.96 Å². The number of nitrogens with one attached hydrogen (secondary N) is 2. The van der Waals surface area contributed by atoms with E-state index < -0.39 is 0 Å². The molecule has 23 heavy (non-hydrogen) atoms. The Balaban J connectivity index is 1.59. The predicted octanol–water partition coefficient (Wildman–Crippen LogP) is 3.38. The maximum atomic E-state index is 9.27. The first-order chi connectivity index (χ1) is 11.3. The van der Waals surface area contributed by atoms with E-state index in [1.807, 2.05) is 19.2 Å². The van der Waals surface area contributed by atoms with E-state index in [1.165, 1.54) is 31.2 Å². The van der Waals surface area contributed by atoms with Crippen LogP contribution in [-0.2, 0) is 6.42 Å². The Kier molecular flexibility index (Phi) is 7.50. The van der Waals surface area contributed by atoms with Crippen LogP contribution in [0.5, 0.6) is 5.75 Å². The van der Waals surface area contributed by atoms with Gasteiger partial charge in [0.25, 0.3) is 0 Å². The fourth-order valence-corrected chi connectivity index (χ4v) is 2.86. The number of aromatic hydroxyl groups is 1. The second kappa shape index (κ2) is 9.93. The highest BCUT2D eigenvalue weighted by atomic mass is 16.3. The van der Waals surface area contributed by atoms with Crippen molar-refractivity contribution < 1.29 is 5.11 Å². The van der Waals surface area contributed by atoms with Crippen LogP contribution in [0.25, 0.3) is 0 Å². The van der Waals surface area contributed by atoms with E-state index in [4.69, 9.17) is 0 Å². The first-order valence-electron chi connectivity index (χ1n) is 8.68. The molecule has 1 aromatic carbocycles. The van der Waals surface area contributed by atoms with E-state index in [0.29, 0.717) is 5.75 Å². The van der Waals surface area contributed by atoms with E-state index in [1.54, 1.807) is 17.7 Å². The third kappa shape index (κ3) is 6.76. The van der Waals surface area contributed by atoms with Crippen molar-refractivity contribution in [3.8, 4) is 5.75 Å². The molecule has 0 aliphatic heterocycles. The lowest BCUT2D eigenvalue weighted by molar-refractivity contribution is 0.475. The van der Waals surface area contributed by atoms with Crippen molar-refractivity contribution in [2.75, 3.05) is 20.1 Å². The number of hydrogen-bond acceptors (Lipinski definition) is 2. The Labute approximate surface area is 139 Å². The van der Waals surface area contributed by atoms with Gasteiger partial charge < -0.3 is 15.7 Å². The number of nitrogens with zero attached hydrogens (tertiary/aromatic N) is 1. The minimum atomic E-state index is 0.324. The Hall–Kier alpha value is -1.97. The summed E-state index contributed by atoms with van der Waals surface area (Å²) in [4.78, 5) is 4.27. The van der Waals surface area contributed by atoms with Crippen molar-refractivity contribution in [2.45, 2.75) is 44.9 Å². The third-order valence-electron chi connectivity index (χ3n) is 4.22. The highest BCUT2D eigenvalue weighted by Gasteiger charge is 2.04. The van der Waals surface area contributed by atoms with Gasteiger partial charge in [-0.1, -0.05) is 23.8 Å². The van der Waals surface area contributed by atoms with Gasteiger partial charge in [-0.05, 0) is 62.6 Å². The molecule has 0 saturated heterocycles. The Morgan fingerprint density at radius 3 is 2.57 bits per heavy atom. The molecule has 0 unspecified atom stereocenters. The second-order valence-corrected chi connectivity index (χ2v) is 6.05. The molecule has 2 rings (SSSR count). The van der Waals surface area contributed by atoms with Gasteiger partial charge in [-0.15, -0.1) is 0 Å². The maximum absolute atomic E-state index is 9.27. The summed E-state index contributed by atoms with van der Waals surface area (Å²) in [5.41, 5.74) is 2.84. The molecule has 1 aliphatic rings. The molecule has 0 saturated carbocycles. The van der Waals surface area contributed by atoms with Crippen LogP contribution in [0.4, 0.5) is 0 Å². The zero-order valence-electron chi connectivity index (χ0n) is 14.1. The number of phenolic OH excluding ortho intramolecular Hbond substituents is 1. The quantitative estimate of drug-likeness (QED) is 0.313. The highest BCUT2D eigenvalue weighted by molar-refractivity contribution is 5.79. The number of aryl methyl sites for hydroxylation is 1. The van der Waals surface area contributed by atoms with Crippen LogP contribution in [0.15, 0.2) is 40.9 Å². The minimum Gasteiger partial charge on any atom is -0.508 e. The van der Waals surface area contributed by atoms with Gasteiger partial charge in [0, 0.05) is 20.1 Å². The van der Waals surface area contributed by atoms with Crippen molar-refractivity contribution in [3.63, 3.8) is 0 Å². The maximum Gasteiger partial charge on any atom is 0.190 e. The normalized spacial score (nSPS) is 15.2. The topological polar surface area (TPSA) is 56.7 Å². The fourth-order valence-electron chi connectivity index (χ4n) is 2.86. The lowest BCUT2D eigenvalue weighted by Gasteiger charge is -2.15. The molecule has 0 fully saturated rings. The summed E-state index contributed by atoms with van der Waals surface area (Å²) < 4.78 is 0. The van der Waals surface area contributed by atoms with Gasteiger partial charge in [0.15, 0.2) is 5.96 Å². The van der Waals surface area contributed by atoms with Crippen LogP contribution in [0.2, 0.25) is 0 Å². The van der Waals surface area contributed by atoms with Crippen LogP contribution >= 0.6 is 0 Å². The van der Waals surface area contributed by atoms with E-state index >= 15 is 0 Å². The standard InChI is InChI=1S/C19H29N3O/c1-20-19(22-15-13-16-6-3-2-4-7-16)21-14-5-8-17-9-11-18(23)12-10-17/h6,9-12,23H,2-5,7-8,13-15H2,1H3,(H2,20,21,22). The van der Waals surface area contributed by atoms with Crippen LogP contribution in [0, 0.1) is 0 Å². The van der Waals surface area contributed by atoms with E-state index in [2.05, 4.69) is 21.7 Å². The molecular formula is C19H29N3O. The smallest absolute Gasteiger partial charge is 0.190 e. The van der Waals surface area contributed by atoms with Gasteiger partial charge in [-0.2, -0.15) is 0 Å². The highest BCUT2D eigenvalue weighted by Crippen LogP contribution is 2.19. The number of benzene rings is 1. The Morgan fingerprint density at radius 2 is 1.87 bits per heavy atom. The number of allylic oxidation sites excluding steroid dienone is 1. The zero-order valence-corrected chi connectivity index (χ0v) is 14.1. The van der Waals surface area contributed by atoms with Crippen molar-refractivity contribution in [1.82, 2.24) is 10.6 Å². The molecule has 1 aliphatic carbocycles. The van der Waals surface area contributed by atoms with Crippen LogP contribution in [-0.4, -0.2) is 31.2 Å². The van der Waals surface area contributed by atoms with E-state index in [9.17, 15) is 5.11 Å². The largest absolute Gasteiger partial charge is 0.508 e. The van der Waals surface area contributed by atoms with Gasteiger partial charge in [-0.25, -0.2) is 0 Å². The van der Waals surface area contributed by atoms with Gasteiger partial charge in [0.1, 0.15) is 5.75 Å². The lowest BCUT2D eigenvalue weighted by atomic mass is 9.97. The Morgan fingerprint density at radius 1 is 1.09 bits per heavy atom. The summed E-state index contributed by atoms with van der Waals surface area (Å²) in [5, 5.41) is 16.0. The van der Waals surface area contributed by atoms with Crippen LogP contribution in [0.1, 0.15) is 44.1 Å². The molecule has 0 heterocycles. The molecule has 0 amide bonds. The summed E-state index contributed by atoms with van der Waals surface area (Å²) in [5.74, 6) is 1.21. The number of phenols is 1. The van der Waals surface area contributed by atoms with Crippen molar-refractivity contribution in [1.29, 1.82) is 0 Å². The molecule has 0 radical (unpaired) electrons. The average molecular weight is 315 g/mol. The van der Waals surface area contributed by atoms with Gasteiger partial charge >= 0.3 is 0 Å². The molecule has 0 aromatic heterocycles. The summed E-state index contributed by atoms with van der Waals surface area (Å²) in [6.07, 6.45) is 10.8. The van der Waals surface area contributed by atoms with E-state index in [-0.39, 0.29) is 0 Å². The zero-order chi connectivity index (χ0) is 16.3. The molecule has 0 atom stereocenters. The lowest BCUT2D eigenvalue weighted by Crippen LogP contribution is -2.38. The SMILES string of the molecule is CN=C(NCCCc1ccc(O)cc1)NCCC1=CCCCC1. The first kappa shape index (κ1) is 17.4. The molecule has 4 heteroatoms. The van der Waals surface area contributed by atoms with Crippen molar-refractivity contribution in [3.05, 3.63) is 41.5 Å². The molecule has 0 spiro atoms. The summed E-state index contributed by atoms with van der Waals surface area (Å²) in [6, 6.07) is 7.42. The van der Waals surface area contributed by atoms with Gasteiger partial charge in [0.2, 0.25) is 0 Å². The molecule has 3 N–H and O–H groups in total. The fraction of sp³-hybridized carbons (Fsp3) is 0.526. The summed E-state index contributed by atoms with van der Waals surface area (Å²) in [6.45, 7) is 1.84. The van der Waals surface area contributed by atoms with Crippen LogP contribution < -0.4 is 10.6 Å². The molecule has 4 nitrogen and oxygen atoms in total. The van der Waals surface area contributed by atoms with Gasteiger partial charge in [-0.3, -0.25) is 4.99 Å². The van der Waals surface area contributed by atoms with Gasteiger partial charge in [0.05, 0.1) is 0 Å². The van der Waals surface area contributed by atoms with E-state index in [0.717, 1.165) is 38.3 Å². The monoisotopic (exact) mass is 315 g/mol. The third-order valence-corrected chi connectivity index (χ3v) is 4.22. The minimum absolute atomic E-state index is 0.324. The average Bonchev–Trinajstić information content (AvgIpc) is 2.59. The van der Waals surface area contributed by atoms with Crippen LogP contribution in [0.3, 0.4) is 0 Å². The summed E-state index contributed by atoms with van der Waals surface area (Å²) >= 11 is 0. The number of aliphatic imine (C=N–C) groups is 1. The molecule has 1 aromatic rings. The number of guanidine groups is 1. The Bertz CT molecular complexity index is 520. The predicted molar refractivity (Wildman–Crippen MR) is 97.0 cm³/mol. The molecular weight excluding hydrogens is 286 g/mol. The number of rotatable bonds is 7. The molecule has 0 bridgehead atoms. The first-order valence-corrected chi connectivity index (χ1v) is 8.68.